The summed E-state index contributed by atoms with van der Waals surface area (Å²) in [6.07, 6.45) is 3.03. The van der Waals surface area contributed by atoms with Gasteiger partial charge in [0.25, 0.3) is 5.91 Å². The molecule has 2 amide bonds. The van der Waals surface area contributed by atoms with Crippen LogP contribution in [0.1, 0.15) is 66.3 Å². The first-order valence-electron chi connectivity index (χ1n) is 11.5. The fourth-order valence-electron chi connectivity index (χ4n) is 4.09. The molecule has 1 aliphatic rings. The van der Waals surface area contributed by atoms with Gasteiger partial charge in [-0.1, -0.05) is 68.4 Å². The summed E-state index contributed by atoms with van der Waals surface area (Å²) in [5, 5.41) is 3.02. The van der Waals surface area contributed by atoms with Crippen LogP contribution >= 0.6 is 0 Å². The summed E-state index contributed by atoms with van der Waals surface area (Å²) in [5.41, 5.74) is 4.46. The Kier molecular flexibility index (Phi) is 6.82. The second-order valence-electron chi connectivity index (χ2n) is 8.86. The zero-order valence-electron chi connectivity index (χ0n) is 19.4. The molecule has 0 radical (unpaired) electrons. The molecular formula is C27H30N4O2. The number of aryl methyl sites for hydroxylation is 1. The maximum absolute atomic E-state index is 13.1. The second kappa shape index (κ2) is 9.94. The Balaban J connectivity index is 1.42. The van der Waals surface area contributed by atoms with Crippen molar-refractivity contribution < 1.29 is 9.59 Å². The number of fused-ring (bicyclic) bond motifs is 1. The molecule has 170 valence electrons. The zero-order valence-corrected chi connectivity index (χ0v) is 19.4. The van der Waals surface area contributed by atoms with Crippen molar-refractivity contribution in [1.29, 1.82) is 0 Å². The molecule has 0 fully saturated rings. The highest BCUT2D eigenvalue weighted by molar-refractivity contribution is 5.97. The minimum atomic E-state index is -0.189. The van der Waals surface area contributed by atoms with Gasteiger partial charge in [0.05, 0.1) is 23.8 Å². The van der Waals surface area contributed by atoms with Crippen LogP contribution in [0.2, 0.25) is 0 Å². The summed E-state index contributed by atoms with van der Waals surface area (Å²) < 4.78 is 0. The van der Waals surface area contributed by atoms with Gasteiger partial charge in [0.1, 0.15) is 0 Å². The molecule has 0 saturated carbocycles. The molecule has 1 atom stereocenters. The van der Waals surface area contributed by atoms with Crippen LogP contribution in [0.25, 0.3) is 11.4 Å². The highest BCUT2D eigenvalue weighted by Gasteiger charge is 2.26. The number of rotatable bonds is 6. The van der Waals surface area contributed by atoms with E-state index >= 15 is 0 Å². The molecule has 6 heteroatoms. The van der Waals surface area contributed by atoms with Gasteiger partial charge in [0.2, 0.25) is 5.91 Å². The maximum atomic E-state index is 13.1. The standard InChI is InChI=1S/C27H30N4O2/c1-18(2)20-11-13-21(14-12-20)19(3)29-25(32)17-31-15-7-10-24-23(27(31)33)16-28-26(30-24)22-8-5-4-6-9-22/h4-6,8-9,11-14,16,18-19H,7,10,15,17H2,1-3H3,(H,29,32). The zero-order chi connectivity index (χ0) is 23.4. The van der Waals surface area contributed by atoms with E-state index in [0.29, 0.717) is 30.3 Å². The van der Waals surface area contributed by atoms with Gasteiger partial charge in [-0.2, -0.15) is 0 Å². The SMILES string of the molecule is CC(C)c1ccc(C(C)NC(=O)CN2CCCc3nc(-c4ccccc4)ncc3C2=O)cc1. The maximum Gasteiger partial charge on any atom is 0.257 e. The van der Waals surface area contributed by atoms with E-state index in [1.807, 2.05) is 37.3 Å². The number of nitrogens with one attached hydrogen (secondary N) is 1. The van der Waals surface area contributed by atoms with Gasteiger partial charge in [-0.25, -0.2) is 9.97 Å². The molecule has 0 bridgehead atoms. The fourth-order valence-corrected chi connectivity index (χ4v) is 4.09. The molecule has 2 aromatic carbocycles. The van der Waals surface area contributed by atoms with Gasteiger partial charge in [-0.05, 0) is 36.8 Å². The van der Waals surface area contributed by atoms with E-state index in [4.69, 9.17) is 0 Å². The van der Waals surface area contributed by atoms with Crippen LogP contribution in [-0.2, 0) is 11.2 Å². The average Bonchev–Trinajstić information content (AvgIpc) is 2.98. The number of nitrogens with zero attached hydrogens (tertiary/aromatic N) is 3. The van der Waals surface area contributed by atoms with Crippen LogP contribution in [0.3, 0.4) is 0 Å². The normalized spacial score (nSPS) is 14.5. The lowest BCUT2D eigenvalue weighted by Gasteiger charge is -2.22. The van der Waals surface area contributed by atoms with Gasteiger partial charge in [0, 0.05) is 18.3 Å². The summed E-state index contributed by atoms with van der Waals surface area (Å²) in [4.78, 5) is 36.6. The Labute approximate surface area is 195 Å². The molecule has 1 aliphatic heterocycles. The first-order chi connectivity index (χ1) is 15.9. The Hall–Kier alpha value is -3.54. The molecular weight excluding hydrogens is 412 g/mol. The number of aromatic nitrogens is 2. The largest absolute Gasteiger partial charge is 0.348 e. The van der Waals surface area contributed by atoms with Crippen molar-refractivity contribution in [2.45, 2.75) is 45.6 Å². The lowest BCUT2D eigenvalue weighted by atomic mass is 9.99. The van der Waals surface area contributed by atoms with E-state index < -0.39 is 0 Å². The van der Waals surface area contributed by atoms with E-state index in [0.717, 1.165) is 23.2 Å². The first-order valence-corrected chi connectivity index (χ1v) is 11.5. The number of carbonyl (C=O) groups is 2. The van der Waals surface area contributed by atoms with E-state index in [-0.39, 0.29) is 24.4 Å². The molecule has 0 saturated heterocycles. The highest BCUT2D eigenvalue weighted by atomic mass is 16.2. The van der Waals surface area contributed by atoms with Crippen molar-refractivity contribution in [3.8, 4) is 11.4 Å². The summed E-state index contributed by atoms with van der Waals surface area (Å²) in [6, 6.07) is 17.9. The van der Waals surface area contributed by atoms with Gasteiger partial charge in [-0.3, -0.25) is 9.59 Å². The average molecular weight is 443 g/mol. The third-order valence-electron chi connectivity index (χ3n) is 6.07. The van der Waals surface area contributed by atoms with Crippen molar-refractivity contribution in [3.05, 3.63) is 83.2 Å². The van der Waals surface area contributed by atoms with Crippen LogP contribution in [0.5, 0.6) is 0 Å². The molecule has 4 rings (SSSR count). The van der Waals surface area contributed by atoms with Crippen LogP contribution in [-0.4, -0.2) is 39.8 Å². The molecule has 1 N–H and O–H groups in total. The van der Waals surface area contributed by atoms with Crippen molar-refractivity contribution in [2.24, 2.45) is 0 Å². The number of hydrogen-bond donors (Lipinski definition) is 1. The lowest BCUT2D eigenvalue weighted by Crippen LogP contribution is -2.41. The third-order valence-corrected chi connectivity index (χ3v) is 6.07. The number of carbonyl (C=O) groups excluding carboxylic acids is 2. The summed E-state index contributed by atoms with van der Waals surface area (Å²) in [5.74, 6) is 0.722. The fraction of sp³-hybridized carbons (Fsp3) is 0.333. The van der Waals surface area contributed by atoms with Crippen molar-refractivity contribution in [3.63, 3.8) is 0 Å². The van der Waals surface area contributed by atoms with Crippen molar-refractivity contribution in [2.75, 3.05) is 13.1 Å². The van der Waals surface area contributed by atoms with Gasteiger partial charge in [0.15, 0.2) is 5.82 Å². The Morgan fingerprint density at radius 3 is 2.42 bits per heavy atom. The number of hydrogen-bond acceptors (Lipinski definition) is 4. The quantitative estimate of drug-likeness (QED) is 0.608. The summed E-state index contributed by atoms with van der Waals surface area (Å²) >= 11 is 0. The van der Waals surface area contributed by atoms with Gasteiger partial charge >= 0.3 is 0 Å². The molecule has 6 nitrogen and oxygen atoms in total. The Morgan fingerprint density at radius 2 is 1.73 bits per heavy atom. The molecule has 3 aromatic rings. The predicted octanol–water partition coefficient (Wildman–Crippen LogP) is 4.53. The molecule has 0 aliphatic carbocycles. The van der Waals surface area contributed by atoms with E-state index in [1.165, 1.54) is 5.56 Å². The summed E-state index contributed by atoms with van der Waals surface area (Å²) in [7, 11) is 0. The van der Waals surface area contributed by atoms with E-state index in [2.05, 4.69) is 53.4 Å². The minimum Gasteiger partial charge on any atom is -0.348 e. The van der Waals surface area contributed by atoms with Crippen LogP contribution in [0.4, 0.5) is 0 Å². The van der Waals surface area contributed by atoms with E-state index in [1.54, 1.807) is 11.1 Å². The van der Waals surface area contributed by atoms with Crippen LogP contribution < -0.4 is 5.32 Å². The highest BCUT2D eigenvalue weighted by Crippen LogP contribution is 2.22. The molecule has 1 unspecified atom stereocenters. The minimum absolute atomic E-state index is 0.0210. The van der Waals surface area contributed by atoms with Crippen molar-refractivity contribution in [1.82, 2.24) is 20.2 Å². The molecule has 0 spiro atoms. The van der Waals surface area contributed by atoms with Crippen LogP contribution in [0, 0.1) is 0 Å². The molecule has 1 aromatic heterocycles. The summed E-state index contributed by atoms with van der Waals surface area (Å²) in [6.45, 7) is 6.81. The monoisotopic (exact) mass is 442 g/mol. The second-order valence-corrected chi connectivity index (χ2v) is 8.86. The van der Waals surface area contributed by atoms with Gasteiger partial charge in [-0.15, -0.1) is 0 Å². The first kappa shape index (κ1) is 22.6. The van der Waals surface area contributed by atoms with Gasteiger partial charge < -0.3 is 10.2 Å². The smallest absolute Gasteiger partial charge is 0.257 e. The molecule has 2 heterocycles. The lowest BCUT2D eigenvalue weighted by molar-refractivity contribution is -0.122. The number of amides is 2. The Bertz CT molecular complexity index is 1130. The Morgan fingerprint density at radius 1 is 1.03 bits per heavy atom. The van der Waals surface area contributed by atoms with E-state index in [9.17, 15) is 9.59 Å². The predicted molar refractivity (Wildman–Crippen MR) is 129 cm³/mol. The topological polar surface area (TPSA) is 75.2 Å². The number of benzene rings is 2. The van der Waals surface area contributed by atoms with Crippen molar-refractivity contribution >= 4 is 11.8 Å². The van der Waals surface area contributed by atoms with Crippen LogP contribution in [0.15, 0.2) is 60.8 Å². The molecule has 33 heavy (non-hydrogen) atoms. The third kappa shape index (κ3) is 5.28.